The summed E-state index contributed by atoms with van der Waals surface area (Å²) >= 11 is 43.3. The van der Waals surface area contributed by atoms with Gasteiger partial charge in [0.25, 0.3) is 0 Å². The van der Waals surface area contributed by atoms with Crippen LogP contribution >= 0.6 is 81.2 Å². The minimum Gasteiger partial charge on any atom is -0.120 e. The molecular formula is C8H5Cl7. The highest BCUT2D eigenvalue weighted by atomic mass is 35.5. The van der Waals surface area contributed by atoms with Crippen LogP contribution in [0.25, 0.3) is 0 Å². The third-order valence-corrected chi connectivity index (χ3v) is 8.38. The van der Waals surface area contributed by atoms with E-state index in [2.05, 4.69) is 0 Å². The van der Waals surface area contributed by atoms with Gasteiger partial charge < -0.3 is 0 Å². The second-order valence-corrected chi connectivity index (χ2v) is 7.56. The average molecular weight is 349 g/mol. The van der Waals surface area contributed by atoms with Gasteiger partial charge in [-0.25, -0.2) is 0 Å². The summed E-state index contributed by atoms with van der Waals surface area (Å²) in [7, 11) is 0. The summed E-state index contributed by atoms with van der Waals surface area (Å²) in [6, 6.07) is 0. The van der Waals surface area contributed by atoms with Gasteiger partial charge in [0.15, 0.2) is 4.33 Å². The molecule has 1 fully saturated rings. The maximum absolute atomic E-state index is 6.36. The molecule has 2 bridgehead atoms. The van der Waals surface area contributed by atoms with Crippen LogP contribution in [0.15, 0.2) is 10.1 Å². The molecule has 0 heterocycles. The molecule has 0 aliphatic heterocycles. The van der Waals surface area contributed by atoms with Gasteiger partial charge in [0, 0.05) is 5.92 Å². The lowest BCUT2D eigenvalue weighted by Gasteiger charge is -2.32. The van der Waals surface area contributed by atoms with Gasteiger partial charge in [-0.3, -0.25) is 0 Å². The van der Waals surface area contributed by atoms with Crippen LogP contribution in [0.2, 0.25) is 0 Å². The van der Waals surface area contributed by atoms with Crippen LogP contribution in [0.3, 0.4) is 0 Å². The van der Waals surface area contributed by atoms with E-state index in [9.17, 15) is 0 Å². The fraction of sp³-hybridized carbons (Fsp3) is 0.750. The number of alkyl halides is 5. The van der Waals surface area contributed by atoms with Gasteiger partial charge in [0.05, 0.1) is 15.4 Å². The molecule has 0 aromatic heterocycles. The summed E-state index contributed by atoms with van der Waals surface area (Å²) in [5.41, 5.74) is 0. The minimum atomic E-state index is -1.51. The van der Waals surface area contributed by atoms with E-state index < -0.39 is 19.5 Å². The molecule has 0 nitrogen and oxygen atoms in total. The van der Waals surface area contributed by atoms with Crippen LogP contribution < -0.4 is 0 Å². The highest BCUT2D eigenvalue weighted by Crippen LogP contribution is 2.75. The molecule has 2 rings (SSSR count). The molecule has 2 aliphatic carbocycles. The first-order valence-corrected chi connectivity index (χ1v) is 6.79. The molecule has 1 saturated carbocycles. The van der Waals surface area contributed by atoms with E-state index in [0.29, 0.717) is 0 Å². The molecule has 0 aromatic carbocycles. The molecule has 0 N–H and O–H groups in total. The molecule has 0 radical (unpaired) electrons. The van der Waals surface area contributed by atoms with Gasteiger partial charge in [-0.05, 0) is 0 Å². The topological polar surface area (TPSA) is 0 Å². The second-order valence-electron chi connectivity index (χ2n) is 3.82. The van der Waals surface area contributed by atoms with Crippen LogP contribution in [0.4, 0.5) is 0 Å². The Bertz CT molecular complexity index is 330. The quantitative estimate of drug-likeness (QED) is 0.535. The Labute approximate surface area is 123 Å². The van der Waals surface area contributed by atoms with E-state index in [-0.39, 0.29) is 16.0 Å². The minimum absolute atomic E-state index is 0.143. The standard InChI is InChI=1S/C8H5Cl7/c1-2-3(9)7(13)5(11)4(10)6(2,12)8(7,14)15/h2-3H,1H3. The molecule has 0 spiro atoms. The molecule has 86 valence electrons. The van der Waals surface area contributed by atoms with E-state index in [1.54, 1.807) is 6.92 Å². The Hall–Kier alpha value is 1.77. The van der Waals surface area contributed by atoms with Gasteiger partial charge >= 0.3 is 0 Å². The van der Waals surface area contributed by atoms with E-state index in [1.807, 2.05) is 0 Å². The third kappa shape index (κ3) is 1.12. The summed E-state index contributed by atoms with van der Waals surface area (Å²) in [4.78, 5) is -2.54. The monoisotopic (exact) mass is 346 g/mol. The maximum atomic E-state index is 6.36. The third-order valence-electron chi connectivity index (χ3n) is 3.19. The molecule has 2 aliphatic rings. The predicted molar refractivity (Wildman–Crippen MR) is 69.1 cm³/mol. The average Bonchev–Trinajstić information content (AvgIpc) is 2.34. The van der Waals surface area contributed by atoms with E-state index in [0.717, 1.165) is 0 Å². The fourth-order valence-corrected chi connectivity index (χ4v) is 5.85. The van der Waals surface area contributed by atoms with Crippen LogP contribution in [-0.2, 0) is 0 Å². The van der Waals surface area contributed by atoms with Gasteiger partial charge in [-0.15, -0.1) is 34.8 Å². The predicted octanol–water partition coefficient (Wildman–Crippen LogP) is 5.08. The highest BCUT2D eigenvalue weighted by molar-refractivity contribution is 6.67. The molecule has 7 heteroatoms. The lowest BCUT2D eigenvalue weighted by atomic mass is 9.94. The van der Waals surface area contributed by atoms with Crippen LogP contribution in [0, 0.1) is 5.92 Å². The zero-order valence-corrected chi connectivity index (χ0v) is 12.6. The van der Waals surface area contributed by atoms with Crippen molar-refractivity contribution in [2.75, 3.05) is 0 Å². The Morgan fingerprint density at radius 2 is 1.33 bits per heavy atom. The summed E-state index contributed by atoms with van der Waals surface area (Å²) in [5, 5.41) is -0.235. The van der Waals surface area contributed by atoms with Crippen molar-refractivity contribution in [1.82, 2.24) is 0 Å². The van der Waals surface area contributed by atoms with Crippen molar-refractivity contribution in [3.05, 3.63) is 10.1 Å². The summed E-state index contributed by atoms with van der Waals surface area (Å²) < 4.78 is -1.51. The number of fused-ring (bicyclic) bond motifs is 2. The van der Waals surface area contributed by atoms with Crippen molar-refractivity contribution < 1.29 is 0 Å². The lowest BCUT2D eigenvalue weighted by Crippen LogP contribution is -2.44. The van der Waals surface area contributed by atoms with E-state index in [4.69, 9.17) is 81.2 Å². The van der Waals surface area contributed by atoms with E-state index in [1.165, 1.54) is 0 Å². The Morgan fingerprint density at radius 3 is 1.67 bits per heavy atom. The maximum Gasteiger partial charge on any atom is 0.168 e. The fourth-order valence-electron chi connectivity index (χ4n) is 2.19. The Morgan fingerprint density at radius 1 is 0.933 bits per heavy atom. The number of hydrogen-bond donors (Lipinski definition) is 0. The summed E-state index contributed by atoms with van der Waals surface area (Å²) in [5.74, 6) is -0.275. The number of hydrogen-bond acceptors (Lipinski definition) is 0. The lowest BCUT2D eigenvalue weighted by molar-refractivity contribution is 0.516. The Balaban J connectivity index is 2.76. The smallest absolute Gasteiger partial charge is 0.120 e. The number of halogens is 7. The van der Waals surface area contributed by atoms with E-state index >= 15 is 0 Å². The zero-order valence-electron chi connectivity index (χ0n) is 7.30. The van der Waals surface area contributed by atoms with Gasteiger partial charge in [0.1, 0.15) is 9.75 Å². The van der Waals surface area contributed by atoms with Crippen LogP contribution in [0.1, 0.15) is 6.92 Å². The highest BCUT2D eigenvalue weighted by Gasteiger charge is 2.81. The Kier molecular flexibility index (Phi) is 3.00. The molecule has 0 aromatic rings. The van der Waals surface area contributed by atoms with Gasteiger partial charge in [-0.2, -0.15) is 0 Å². The van der Waals surface area contributed by atoms with Crippen molar-refractivity contribution in [1.29, 1.82) is 0 Å². The number of allylic oxidation sites excluding steroid dienone is 2. The molecule has 0 saturated heterocycles. The first-order chi connectivity index (χ1) is 6.63. The van der Waals surface area contributed by atoms with Gasteiger partial charge in [-0.1, -0.05) is 53.3 Å². The zero-order chi connectivity index (χ0) is 11.8. The SMILES string of the molecule is CC1C(Cl)C2(Cl)C(Cl)=C(Cl)C1(Cl)C2(Cl)Cl. The molecule has 4 unspecified atom stereocenters. The molecule has 0 amide bonds. The largest absolute Gasteiger partial charge is 0.168 e. The molecule has 15 heavy (non-hydrogen) atoms. The van der Waals surface area contributed by atoms with Crippen molar-refractivity contribution in [3.63, 3.8) is 0 Å². The van der Waals surface area contributed by atoms with Crippen LogP contribution in [-0.4, -0.2) is 19.5 Å². The van der Waals surface area contributed by atoms with Crippen LogP contribution in [0.5, 0.6) is 0 Å². The number of rotatable bonds is 0. The van der Waals surface area contributed by atoms with Gasteiger partial charge in [0.2, 0.25) is 0 Å². The molecule has 4 atom stereocenters. The first-order valence-electron chi connectivity index (χ1n) is 4.09. The molecular weight excluding hydrogens is 344 g/mol. The summed E-state index contributed by atoms with van der Waals surface area (Å²) in [6.45, 7) is 1.79. The van der Waals surface area contributed by atoms with Crippen molar-refractivity contribution in [2.45, 2.75) is 26.4 Å². The van der Waals surface area contributed by atoms with Crippen molar-refractivity contribution >= 4 is 81.2 Å². The summed E-state index contributed by atoms with van der Waals surface area (Å²) in [6.07, 6.45) is 0. The van der Waals surface area contributed by atoms with Crippen molar-refractivity contribution in [3.8, 4) is 0 Å². The van der Waals surface area contributed by atoms with Crippen molar-refractivity contribution in [2.24, 2.45) is 5.92 Å². The second kappa shape index (κ2) is 3.41. The first kappa shape index (κ1) is 13.2. The normalized spacial score (nSPS) is 52.8.